The van der Waals surface area contributed by atoms with E-state index in [1.807, 2.05) is 13.8 Å². The van der Waals surface area contributed by atoms with E-state index in [2.05, 4.69) is 0 Å². The molecule has 0 aromatic heterocycles. The molecule has 4 heteroatoms. The number of hydrogen-bond acceptors (Lipinski definition) is 2. The van der Waals surface area contributed by atoms with Gasteiger partial charge in [-0.25, -0.2) is 0 Å². The van der Waals surface area contributed by atoms with Crippen molar-refractivity contribution in [3.8, 4) is 0 Å². The molecule has 0 fully saturated rings. The molecule has 0 aliphatic heterocycles. The number of hydrogen-bond donors (Lipinski definition) is 1. The van der Waals surface area contributed by atoms with Gasteiger partial charge in [0.05, 0.1) is 0 Å². The Bertz CT molecular complexity index is 412. The normalized spacial score (nSPS) is 14.2. The zero-order valence-corrected chi connectivity index (χ0v) is 13.0. The molecule has 1 rings (SSSR count). The minimum absolute atomic E-state index is 0.0195. The van der Waals surface area contributed by atoms with E-state index in [0.29, 0.717) is 16.5 Å². The highest BCUT2D eigenvalue weighted by molar-refractivity contribution is 6.36. The van der Waals surface area contributed by atoms with Crippen LogP contribution in [0.2, 0.25) is 10.0 Å². The third-order valence-electron chi connectivity index (χ3n) is 3.26. The zero-order valence-electron chi connectivity index (χ0n) is 11.5. The van der Waals surface area contributed by atoms with E-state index in [4.69, 9.17) is 28.9 Å². The molecule has 0 saturated carbocycles. The van der Waals surface area contributed by atoms with Gasteiger partial charge in [-0.15, -0.1) is 0 Å². The first-order valence-corrected chi connectivity index (χ1v) is 7.38. The van der Waals surface area contributed by atoms with Crippen LogP contribution < -0.4 is 5.73 Å². The van der Waals surface area contributed by atoms with Gasteiger partial charge in [-0.1, -0.05) is 42.6 Å². The van der Waals surface area contributed by atoms with Crippen molar-refractivity contribution in [2.45, 2.75) is 45.6 Å². The summed E-state index contributed by atoms with van der Waals surface area (Å²) in [5, 5.41) is 1.12. The fourth-order valence-corrected chi connectivity index (χ4v) is 2.49. The maximum absolute atomic E-state index is 12.1. The molecule has 19 heavy (non-hydrogen) atoms. The standard InChI is InChI=1S/C15H21Cl2NO/c1-10(5-3-6-11(2)18)15(19)9-12-13(16)7-4-8-14(12)17/h4,7-8,10-11H,3,5-6,9,18H2,1-2H3. The van der Waals surface area contributed by atoms with Crippen LogP contribution in [0, 0.1) is 5.92 Å². The van der Waals surface area contributed by atoms with Crippen LogP contribution in [-0.4, -0.2) is 11.8 Å². The maximum atomic E-state index is 12.1. The number of carbonyl (C=O) groups is 1. The lowest BCUT2D eigenvalue weighted by Crippen LogP contribution is -2.17. The summed E-state index contributed by atoms with van der Waals surface area (Å²) in [5.74, 6) is 0.200. The predicted molar refractivity (Wildman–Crippen MR) is 81.8 cm³/mol. The summed E-state index contributed by atoms with van der Waals surface area (Å²) in [6.45, 7) is 3.93. The number of benzene rings is 1. The quantitative estimate of drug-likeness (QED) is 0.818. The van der Waals surface area contributed by atoms with E-state index in [1.165, 1.54) is 0 Å². The summed E-state index contributed by atoms with van der Waals surface area (Å²) in [7, 11) is 0. The van der Waals surface area contributed by atoms with Crippen LogP contribution in [0.5, 0.6) is 0 Å². The highest BCUT2D eigenvalue weighted by Gasteiger charge is 2.16. The number of ketones is 1. The Morgan fingerprint density at radius 1 is 1.21 bits per heavy atom. The largest absolute Gasteiger partial charge is 0.328 e. The van der Waals surface area contributed by atoms with Crippen molar-refractivity contribution in [2.75, 3.05) is 0 Å². The van der Waals surface area contributed by atoms with E-state index < -0.39 is 0 Å². The average Bonchev–Trinajstić information content (AvgIpc) is 2.33. The zero-order chi connectivity index (χ0) is 14.4. The summed E-state index contributed by atoms with van der Waals surface area (Å²) in [4.78, 5) is 12.1. The summed E-state index contributed by atoms with van der Waals surface area (Å²) < 4.78 is 0. The lowest BCUT2D eigenvalue weighted by atomic mass is 9.94. The van der Waals surface area contributed by atoms with Gasteiger partial charge >= 0.3 is 0 Å². The van der Waals surface area contributed by atoms with Gasteiger partial charge in [-0.05, 0) is 37.5 Å². The van der Waals surface area contributed by atoms with Crippen molar-refractivity contribution >= 4 is 29.0 Å². The van der Waals surface area contributed by atoms with Crippen LogP contribution >= 0.6 is 23.2 Å². The van der Waals surface area contributed by atoms with Crippen LogP contribution in [0.1, 0.15) is 38.7 Å². The molecule has 2 atom stereocenters. The van der Waals surface area contributed by atoms with Crippen molar-refractivity contribution < 1.29 is 4.79 Å². The van der Waals surface area contributed by atoms with Crippen molar-refractivity contribution in [3.05, 3.63) is 33.8 Å². The van der Waals surface area contributed by atoms with Crippen molar-refractivity contribution in [3.63, 3.8) is 0 Å². The molecule has 2 nitrogen and oxygen atoms in total. The molecule has 0 aliphatic rings. The van der Waals surface area contributed by atoms with E-state index >= 15 is 0 Å². The lowest BCUT2D eigenvalue weighted by Gasteiger charge is -2.13. The molecule has 0 heterocycles. The third-order valence-corrected chi connectivity index (χ3v) is 3.97. The smallest absolute Gasteiger partial charge is 0.140 e. The molecule has 1 aromatic rings. The highest BCUT2D eigenvalue weighted by atomic mass is 35.5. The second-order valence-electron chi connectivity index (χ2n) is 5.15. The first kappa shape index (κ1) is 16.5. The minimum Gasteiger partial charge on any atom is -0.328 e. The Morgan fingerprint density at radius 2 is 1.79 bits per heavy atom. The average molecular weight is 302 g/mol. The lowest BCUT2D eigenvalue weighted by molar-refractivity contribution is -0.121. The molecule has 0 bridgehead atoms. The number of nitrogens with two attached hydrogens (primary N) is 1. The molecule has 2 unspecified atom stereocenters. The number of halogens is 2. The van der Waals surface area contributed by atoms with Crippen LogP contribution in [0.25, 0.3) is 0 Å². The van der Waals surface area contributed by atoms with Crippen LogP contribution in [0.3, 0.4) is 0 Å². The molecule has 106 valence electrons. The first-order valence-electron chi connectivity index (χ1n) is 6.63. The van der Waals surface area contributed by atoms with Crippen molar-refractivity contribution in [2.24, 2.45) is 11.7 Å². The number of carbonyl (C=O) groups excluding carboxylic acids is 1. The topological polar surface area (TPSA) is 43.1 Å². The first-order chi connectivity index (χ1) is 8.91. The van der Waals surface area contributed by atoms with Gasteiger partial charge in [0, 0.05) is 28.4 Å². The van der Waals surface area contributed by atoms with Gasteiger partial charge in [0.15, 0.2) is 0 Å². The van der Waals surface area contributed by atoms with Gasteiger partial charge in [-0.2, -0.15) is 0 Å². The Balaban J connectivity index is 2.54. The fraction of sp³-hybridized carbons (Fsp3) is 0.533. The van der Waals surface area contributed by atoms with E-state index in [1.54, 1.807) is 18.2 Å². The van der Waals surface area contributed by atoms with Crippen molar-refractivity contribution in [1.29, 1.82) is 0 Å². The maximum Gasteiger partial charge on any atom is 0.140 e. The molecule has 0 amide bonds. The number of Topliss-reactive ketones (excluding diaryl/α,β-unsaturated/α-hetero) is 1. The van der Waals surface area contributed by atoms with Gasteiger partial charge in [0.1, 0.15) is 5.78 Å². The molecule has 0 aliphatic carbocycles. The van der Waals surface area contributed by atoms with Crippen LogP contribution in [-0.2, 0) is 11.2 Å². The molecular formula is C15H21Cl2NO. The van der Waals surface area contributed by atoms with Crippen LogP contribution in [0.15, 0.2) is 18.2 Å². The third kappa shape index (κ3) is 5.52. The monoisotopic (exact) mass is 301 g/mol. The van der Waals surface area contributed by atoms with Gasteiger partial charge in [0.2, 0.25) is 0 Å². The van der Waals surface area contributed by atoms with Gasteiger partial charge in [0.25, 0.3) is 0 Å². The Morgan fingerprint density at radius 3 is 2.32 bits per heavy atom. The highest BCUT2D eigenvalue weighted by Crippen LogP contribution is 2.26. The Kier molecular flexibility index (Phi) is 6.84. The molecule has 0 spiro atoms. The minimum atomic E-state index is 0.0195. The van der Waals surface area contributed by atoms with Gasteiger partial charge in [-0.3, -0.25) is 4.79 Å². The van der Waals surface area contributed by atoms with Crippen LogP contribution in [0.4, 0.5) is 0 Å². The fourth-order valence-electron chi connectivity index (χ4n) is 1.96. The van der Waals surface area contributed by atoms with E-state index in [0.717, 1.165) is 24.8 Å². The molecule has 0 radical (unpaired) electrons. The molecule has 2 N–H and O–H groups in total. The predicted octanol–water partition coefficient (Wildman–Crippen LogP) is 4.26. The van der Waals surface area contributed by atoms with E-state index in [-0.39, 0.29) is 17.7 Å². The molecule has 0 saturated heterocycles. The summed E-state index contributed by atoms with van der Waals surface area (Å²) in [6, 6.07) is 5.50. The van der Waals surface area contributed by atoms with Crippen molar-refractivity contribution in [1.82, 2.24) is 0 Å². The number of rotatable bonds is 7. The second-order valence-corrected chi connectivity index (χ2v) is 5.97. The Labute approximate surface area is 125 Å². The summed E-state index contributed by atoms with van der Waals surface area (Å²) in [6.07, 6.45) is 3.09. The summed E-state index contributed by atoms with van der Waals surface area (Å²) in [5.41, 5.74) is 6.43. The SMILES string of the molecule is CC(N)CCCC(C)C(=O)Cc1c(Cl)cccc1Cl. The Hall–Kier alpha value is -0.570. The molecular weight excluding hydrogens is 281 g/mol. The summed E-state index contributed by atoms with van der Waals surface area (Å²) >= 11 is 12.1. The second kappa shape index (κ2) is 7.88. The van der Waals surface area contributed by atoms with Gasteiger partial charge < -0.3 is 5.73 Å². The molecule has 1 aromatic carbocycles. The van der Waals surface area contributed by atoms with E-state index in [9.17, 15) is 4.79 Å².